The van der Waals surface area contributed by atoms with Crippen molar-refractivity contribution in [3.63, 3.8) is 0 Å². The van der Waals surface area contributed by atoms with Gasteiger partial charge in [0.2, 0.25) is 5.91 Å². The zero-order valence-corrected chi connectivity index (χ0v) is 10.2. The van der Waals surface area contributed by atoms with Crippen LogP contribution in [0.25, 0.3) is 11.1 Å². The molecule has 0 spiro atoms. The Morgan fingerprint density at radius 2 is 1.56 bits per heavy atom. The van der Waals surface area contributed by atoms with E-state index in [1.807, 2.05) is 54.6 Å². The Morgan fingerprint density at radius 1 is 1.00 bits per heavy atom. The van der Waals surface area contributed by atoms with Gasteiger partial charge in [-0.2, -0.15) is 0 Å². The molecule has 2 rings (SSSR count). The quantitative estimate of drug-likeness (QED) is 0.879. The number of carbonyl (C=O) groups excluding carboxylic acids is 1. The highest BCUT2D eigenvalue weighted by molar-refractivity contribution is 5.94. The summed E-state index contributed by atoms with van der Waals surface area (Å²) in [5.74, 6) is -0.289. The Labute approximate surface area is 107 Å². The van der Waals surface area contributed by atoms with Crippen LogP contribution in [0, 0.1) is 0 Å². The van der Waals surface area contributed by atoms with Crippen LogP contribution in [0.5, 0.6) is 0 Å². The summed E-state index contributed by atoms with van der Waals surface area (Å²) in [6.45, 7) is 1.55. The molecule has 1 amide bonds. The van der Waals surface area contributed by atoms with Crippen molar-refractivity contribution in [3.05, 3.63) is 54.6 Å². The second-order valence-corrected chi connectivity index (χ2v) is 4.15. The summed E-state index contributed by atoms with van der Waals surface area (Å²) >= 11 is 0. The van der Waals surface area contributed by atoms with Crippen molar-refractivity contribution in [2.24, 2.45) is 0 Å². The molecule has 0 aliphatic heterocycles. The molecule has 3 heteroatoms. The first kappa shape index (κ1) is 12.3. The third-order valence-corrected chi connectivity index (χ3v) is 2.65. The number of benzene rings is 2. The van der Waals surface area contributed by atoms with Crippen LogP contribution in [0.2, 0.25) is 0 Å². The largest absolute Gasteiger partial charge is 0.325 e. The van der Waals surface area contributed by atoms with E-state index in [1.54, 1.807) is 6.92 Å². The number of hydrogen-bond acceptors (Lipinski definition) is 1. The van der Waals surface area contributed by atoms with Crippen LogP contribution in [0.3, 0.4) is 0 Å². The zero-order valence-electron chi connectivity index (χ0n) is 10.2. The second-order valence-electron chi connectivity index (χ2n) is 4.15. The molecule has 0 heterocycles. The minimum atomic E-state index is -0.751. The van der Waals surface area contributed by atoms with Gasteiger partial charge in [-0.3, -0.25) is 4.79 Å². The monoisotopic (exact) mass is 239 g/mol. The number of hydrogen-bond donors (Lipinski definition) is 1. The van der Waals surface area contributed by atoms with Gasteiger partial charge in [0.25, 0.3) is 0 Å². The summed E-state index contributed by atoms with van der Waals surface area (Å²) in [4.78, 5) is 11.4. The minimum absolute atomic E-state index is 0.289. The molecule has 0 saturated carbocycles. The van der Waals surface area contributed by atoms with Crippen LogP contribution in [-0.2, 0) is 4.79 Å². The first-order valence-corrected chi connectivity index (χ1v) is 5.84. The molecule has 0 aliphatic carbocycles. The number of amides is 1. The third kappa shape index (κ3) is 2.96. The Kier molecular flexibility index (Phi) is 3.75. The molecule has 0 saturated heterocycles. The zero-order chi connectivity index (χ0) is 13.0. The Hall–Kier alpha value is -2.13. The molecule has 1 unspecified atom stereocenters. The van der Waals surface area contributed by atoms with E-state index in [4.69, 9.17) is 5.73 Å². The maximum atomic E-state index is 11.4. The summed E-state index contributed by atoms with van der Waals surface area (Å²) in [7, 11) is 0. The smallest absolute Gasteiger partial charge is 0.242 e. The normalized spacial score (nSPS) is 11.9. The van der Waals surface area contributed by atoms with Gasteiger partial charge >= 0.3 is 0 Å². The van der Waals surface area contributed by atoms with Crippen LogP contribution in [0.15, 0.2) is 54.6 Å². The molecule has 2 N–H and O–H groups in total. The lowest BCUT2D eigenvalue weighted by atomic mass is 10.1. The van der Waals surface area contributed by atoms with Gasteiger partial charge in [0, 0.05) is 5.69 Å². The fraction of sp³-hybridized carbons (Fsp3) is 0.133. The van der Waals surface area contributed by atoms with E-state index in [9.17, 15) is 4.79 Å². The van der Waals surface area contributed by atoms with Gasteiger partial charge in [-0.1, -0.05) is 42.5 Å². The highest BCUT2D eigenvalue weighted by Crippen LogP contribution is 2.20. The minimum Gasteiger partial charge on any atom is -0.325 e. The lowest BCUT2D eigenvalue weighted by Crippen LogP contribution is -2.25. The average Bonchev–Trinajstić information content (AvgIpc) is 2.40. The number of carbonyl (C=O) groups is 1. The highest BCUT2D eigenvalue weighted by Gasteiger charge is 2.07. The molecule has 91 valence electrons. The van der Waals surface area contributed by atoms with Gasteiger partial charge in [-0.05, 0) is 30.2 Å². The lowest BCUT2D eigenvalue weighted by Gasteiger charge is -2.08. The van der Waals surface area contributed by atoms with Crippen molar-refractivity contribution >= 4 is 11.6 Å². The summed E-state index contributed by atoms with van der Waals surface area (Å²) in [6, 6.07) is 16.9. The van der Waals surface area contributed by atoms with E-state index < -0.39 is 6.04 Å². The molecule has 0 aliphatic rings. The Balaban J connectivity index is 2.13. The molecule has 0 aromatic heterocycles. The van der Waals surface area contributed by atoms with E-state index in [1.165, 1.54) is 0 Å². The first-order chi connectivity index (χ1) is 8.66. The van der Waals surface area contributed by atoms with Crippen molar-refractivity contribution in [3.8, 4) is 11.1 Å². The van der Waals surface area contributed by atoms with Crippen molar-refractivity contribution < 1.29 is 4.79 Å². The van der Waals surface area contributed by atoms with E-state index >= 15 is 0 Å². The van der Waals surface area contributed by atoms with Gasteiger partial charge in [0.15, 0.2) is 0 Å². The van der Waals surface area contributed by atoms with Crippen molar-refractivity contribution in [1.82, 2.24) is 5.73 Å². The molecular weight excluding hydrogens is 224 g/mol. The summed E-state index contributed by atoms with van der Waals surface area (Å²) < 4.78 is 0. The summed E-state index contributed by atoms with van der Waals surface area (Å²) in [5.41, 5.74) is 10.3. The molecule has 1 radical (unpaired) electrons. The van der Waals surface area contributed by atoms with Gasteiger partial charge in [0.1, 0.15) is 0 Å². The van der Waals surface area contributed by atoms with Crippen molar-refractivity contribution in [2.75, 3.05) is 5.32 Å². The van der Waals surface area contributed by atoms with Gasteiger partial charge in [-0.25, -0.2) is 5.73 Å². The van der Waals surface area contributed by atoms with E-state index in [2.05, 4.69) is 5.32 Å². The van der Waals surface area contributed by atoms with Crippen molar-refractivity contribution in [2.45, 2.75) is 13.0 Å². The molecule has 0 fully saturated rings. The fourth-order valence-electron chi connectivity index (χ4n) is 1.63. The van der Waals surface area contributed by atoms with Crippen LogP contribution in [0.4, 0.5) is 5.69 Å². The molecule has 0 bridgehead atoms. The maximum absolute atomic E-state index is 11.4. The fourth-order valence-corrected chi connectivity index (χ4v) is 1.63. The highest BCUT2D eigenvalue weighted by atomic mass is 16.2. The van der Waals surface area contributed by atoms with Crippen LogP contribution >= 0.6 is 0 Å². The number of nitrogens with one attached hydrogen (secondary N) is 2. The SMILES string of the molecule is CC([NH])C(=O)Nc1ccc(-c2ccccc2)cc1. The second kappa shape index (κ2) is 5.47. The molecule has 18 heavy (non-hydrogen) atoms. The molecule has 1 atom stereocenters. The van der Waals surface area contributed by atoms with Crippen LogP contribution in [-0.4, -0.2) is 11.9 Å². The molecule has 3 nitrogen and oxygen atoms in total. The van der Waals surface area contributed by atoms with E-state index in [-0.39, 0.29) is 5.91 Å². The van der Waals surface area contributed by atoms with Crippen molar-refractivity contribution in [1.29, 1.82) is 0 Å². The lowest BCUT2D eigenvalue weighted by molar-refractivity contribution is -0.117. The number of rotatable bonds is 3. The molecular formula is C15H15N2O. The van der Waals surface area contributed by atoms with Crippen LogP contribution < -0.4 is 11.1 Å². The Morgan fingerprint density at radius 3 is 2.11 bits per heavy atom. The van der Waals surface area contributed by atoms with Gasteiger partial charge in [0.05, 0.1) is 6.04 Å². The number of anilines is 1. The third-order valence-electron chi connectivity index (χ3n) is 2.65. The summed E-state index contributed by atoms with van der Waals surface area (Å²) in [5, 5.41) is 2.69. The predicted molar refractivity (Wildman–Crippen MR) is 73.1 cm³/mol. The molecule has 2 aromatic rings. The van der Waals surface area contributed by atoms with Gasteiger partial charge < -0.3 is 5.32 Å². The van der Waals surface area contributed by atoms with E-state index in [0.29, 0.717) is 0 Å². The molecule has 2 aromatic carbocycles. The van der Waals surface area contributed by atoms with E-state index in [0.717, 1.165) is 16.8 Å². The van der Waals surface area contributed by atoms with Gasteiger partial charge in [-0.15, -0.1) is 0 Å². The topological polar surface area (TPSA) is 52.9 Å². The maximum Gasteiger partial charge on any atom is 0.242 e. The first-order valence-electron chi connectivity index (χ1n) is 5.84. The van der Waals surface area contributed by atoms with Crippen LogP contribution in [0.1, 0.15) is 6.92 Å². The Bertz CT molecular complexity index is 518. The summed E-state index contributed by atoms with van der Waals surface area (Å²) in [6.07, 6.45) is 0. The average molecular weight is 239 g/mol. The standard InChI is InChI=1S/C15H15N2O/c1-11(16)15(18)17-14-9-7-13(8-10-14)12-5-3-2-4-6-12/h2-11,16H,1H3,(H,17,18). The predicted octanol–water partition coefficient (Wildman–Crippen LogP) is 2.96.